The van der Waals surface area contributed by atoms with Gasteiger partial charge in [0, 0.05) is 50.6 Å². The van der Waals surface area contributed by atoms with Crippen LogP contribution >= 0.6 is 0 Å². The average Bonchev–Trinajstić information content (AvgIpc) is 1.29. The summed E-state index contributed by atoms with van der Waals surface area (Å²) in [5, 5.41) is -11.3. The van der Waals surface area contributed by atoms with Gasteiger partial charge in [-0.2, -0.15) is 0 Å². The molecule has 16 aromatic rings. The van der Waals surface area contributed by atoms with E-state index in [4.69, 9.17) is 26.0 Å². The van der Waals surface area contributed by atoms with E-state index in [1.165, 1.54) is 0 Å². The fraction of sp³-hybridized carbons (Fsp3) is 0.0127. The van der Waals surface area contributed by atoms with Gasteiger partial charge in [-0.1, -0.05) is 248 Å². The Morgan fingerprint density at radius 1 is 0.265 bits per heavy atom. The lowest BCUT2D eigenvalue weighted by atomic mass is 9.95. The number of rotatable bonds is 10. The SMILES string of the molecule is [2H]Cc1c(-c2c([2H])c([2H])c([2H])c(-c3c([2H])c([2H])c([2H])c([2H])c3[2H])c2[2H])c([2H])c([2H])c([2H])c1-n1c2c([2H])c([2H])c([2H])c([2H])c2c2c([2H])c(-n3c4c([2H])c([2H])c([2H])c([2H])c4c4c([2H])c([2H])c(-c5c([2H])c([2H])c([2H])c([2H])c5-n5c6c([2H])c([2H])c([2H])c([2H])c6c6c([2H])c([Si](c7c([2H])c([2H])c([2H])c([2H])c7[2H])(c7c([2H])c([2H])c([2H])c([2H])c7[2H])c7c([2H])c([2H])c([2H])c([2H])c7[2H])c([2H])c([2H])c65)c([2H])c43)c([2H])c([2H])c21. The van der Waals surface area contributed by atoms with Crippen molar-refractivity contribution in [2.45, 2.75) is 6.90 Å². The van der Waals surface area contributed by atoms with E-state index in [1.54, 1.807) is 0 Å². The maximum Gasteiger partial charge on any atom is 0.179 e. The van der Waals surface area contributed by atoms with Gasteiger partial charge in [-0.25, -0.2) is 0 Å². The van der Waals surface area contributed by atoms with Crippen LogP contribution in [-0.4, -0.2) is 21.8 Å². The van der Waals surface area contributed by atoms with E-state index in [-0.39, 0.29) is 0 Å². The Morgan fingerprint density at radius 3 is 1.36 bits per heavy atom. The number of para-hydroxylation sites is 4. The molecule has 3 heterocycles. The fourth-order valence-electron chi connectivity index (χ4n) is 10.1. The molecule has 3 aromatic heterocycles. The molecule has 0 fully saturated rings. The first-order valence-corrected chi connectivity index (χ1v) is 26.4. The van der Waals surface area contributed by atoms with Crippen LogP contribution in [0.1, 0.15) is 78.2 Å². The van der Waals surface area contributed by atoms with Crippen LogP contribution in [0.15, 0.2) is 314 Å². The largest absolute Gasteiger partial charge is 0.309 e. The summed E-state index contributed by atoms with van der Waals surface area (Å²) in [6, 6.07) is -66.3. The molecule has 0 aliphatic heterocycles. The van der Waals surface area contributed by atoms with E-state index < -0.39 is 471 Å². The second-order valence-corrected chi connectivity index (χ2v) is 21.4. The lowest BCUT2D eigenvalue weighted by Crippen LogP contribution is -2.74. The molecule has 390 valence electrons. The Kier molecular flexibility index (Phi) is 4.44. The van der Waals surface area contributed by atoms with Crippen LogP contribution in [0.4, 0.5) is 0 Å². The highest BCUT2D eigenvalue weighted by Crippen LogP contribution is 2.42. The Labute approximate surface area is 558 Å². The van der Waals surface area contributed by atoms with Gasteiger partial charge in [-0.15, -0.1) is 0 Å². The molecule has 0 bridgehead atoms. The summed E-state index contributed by atoms with van der Waals surface area (Å²) in [7, 11) is -6.78. The summed E-state index contributed by atoms with van der Waals surface area (Å²) in [5.74, 6) is 0. The molecule has 4 heteroatoms. The first-order valence-electron chi connectivity index (χ1n) is 51.1. The van der Waals surface area contributed by atoms with Crippen molar-refractivity contribution in [3.63, 3.8) is 0 Å². The highest BCUT2D eigenvalue weighted by molar-refractivity contribution is 7.20. The van der Waals surface area contributed by atoms with Crippen molar-refractivity contribution in [1.82, 2.24) is 13.7 Å². The molecule has 0 saturated carbocycles. The van der Waals surface area contributed by atoms with Crippen LogP contribution < -0.4 is 20.7 Å². The molecule has 0 unspecified atom stereocenters. The van der Waals surface area contributed by atoms with Crippen LogP contribution in [0.2, 0.25) is 0 Å². The lowest BCUT2D eigenvalue weighted by Gasteiger charge is -2.34. The van der Waals surface area contributed by atoms with E-state index in [9.17, 15) is 46.6 Å². The molecule has 0 N–H and O–H groups in total. The van der Waals surface area contributed by atoms with Crippen LogP contribution in [0, 0.1) is 6.90 Å². The third-order valence-corrected chi connectivity index (χ3v) is 17.6. The highest BCUT2D eigenvalue weighted by Gasteiger charge is 2.41. The van der Waals surface area contributed by atoms with Gasteiger partial charge in [0.2, 0.25) is 0 Å². The van der Waals surface area contributed by atoms with E-state index in [0.29, 0.717) is 13.7 Å². The number of hydrogen-bond donors (Lipinski definition) is 0. The first-order chi connectivity index (χ1) is 63.3. The van der Waals surface area contributed by atoms with Crippen LogP contribution in [0.5, 0.6) is 0 Å². The van der Waals surface area contributed by atoms with Gasteiger partial charge in [-0.3, -0.25) is 0 Å². The quantitative estimate of drug-likeness (QED) is 0.0958. The van der Waals surface area contributed by atoms with E-state index in [0.717, 1.165) is 0 Å². The minimum atomic E-state index is -6.78. The van der Waals surface area contributed by atoms with Gasteiger partial charge < -0.3 is 13.7 Å². The standard InChI is InChI=1S/C79H55N3Si/c1-54-64(57-27-22-26-56(50-57)55-24-6-2-7-25-55)38-23-43-72(54)81-75-41-20-16-36-67(75)70-52-59(45-48-77(70)81)80-74-40-19-15-35-66(74)69-47-44-58(51-79(69)80)65-34-14-18-39-73(65)82-76-42-21-17-37-68(76)71-53-63(46-49-78(71)82)83(60-28-8-3-9-29-60,61-30-10-4-11-31-61)62-32-12-5-13-33-62/h2-53H,1H3/i1D,2D,3D,4D,5D,6D,7D,8D,9D,10D,11D,12D,13D,14D,15D,16D,17D,18D,19D,20D,21D,22D,23D,24D,25D,26D,27D,28D,29D,30D,31D,32D,33D,34D,35D,36D,37D,38D,39D,40D,41D,42D,43D,44D,45D,46D,47D,48D,49D,50D,51D,52D,53D. The van der Waals surface area contributed by atoms with Crippen molar-refractivity contribution < 1.29 is 72.7 Å². The fourth-order valence-corrected chi connectivity index (χ4v) is 13.7. The molecule has 3 nitrogen and oxygen atoms in total. The zero-order valence-corrected chi connectivity index (χ0v) is 42.5. The molecule has 0 aliphatic rings. The molecule has 0 atom stereocenters. The predicted molar refractivity (Wildman–Crippen MR) is 354 cm³/mol. The molecule has 0 amide bonds. The monoisotopic (exact) mass is 1130 g/mol. The summed E-state index contributed by atoms with van der Waals surface area (Å²) in [4.78, 5) is 0. The maximum absolute atomic E-state index is 10.9. The van der Waals surface area contributed by atoms with Crippen molar-refractivity contribution in [3.05, 3.63) is 320 Å². The van der Waals surface area contributed by atoms with Gasteiger partial charge in [-0.05, 0) is 127 Å². The van der Waals surface area contributed by atoms with Crippen LogP contribution in [0.25, 0.3) is 116 Å². The van der Waals surface area contributed by atoms with Crippen molar-refractivity contribution in [3.8, 4) is 50.4 Å². The lowest BCUT2D eigenvalue weighted by molar-refractivity contribution is 1.14. The Balaban J connectivity index is 1.10. The number of fused-ring (bicyclic) bond motifs is 9. The predicted octanol–water partition coefficient (Wildman–Crippen LogP) is 17.7. The maximum atomic E-state index is 10.9. The third-order valence-electron chi connectivity index (χ3n) is 13.6. The second kappa shape index (κ2) is 19.6. The molecular weight excluding hydrogens is 1020 g/mol. The smallest absolute Gasteiger partial charge is 0.179 e. The van der Waals surface area contributed by atoms with Crippen molar-refractivity contribution in [1.29, 1.82) is 0 Å². The van der Waals surface area contributed by atoms with Gasteiger partial charge >= 0.3 is 0 Å². The molecule has 0 saturated heterocycles. The summed E-state index contributed by atoms with van der Waals surface area (Å²) in [6.07, 6.45) is 0. The molecule has 0 spiro atoms. The highest BCUT2D eigenvalue weighted by atomic mass is 28.3. The topological polar surface area (TPSA) is 14.8 Å². The van der Waals surface area contributed by atoms with Gasteiger partial charge in [0.25, 0.3) is 0 Å². The molecule has 0 aliphatic carbocycles. The number of benzene rings is 13. The summed E-state index contributed by atoms with van der Waals surface area (Å²) in [5.41, 5.74) is -16.9. The Morgan fingerprint density at radius 2 is 0.711 bits per heavy atom. The molecule has 16 rings (SSSR count). The van der Waals surface area contributed by atoms with E-state index in [2.05, 4.69) is 0 Å². The summed E-state index contributed by atoms with van der Waals surface area (Å²) >= 11 is 0. The van der Waals surface area contributed by atoms with E-state index in [1.807, 2.05) is 0 Å². The van der Waals surface area contributed by atoms with Crippen molar-refractivity contribution in [2.24, 2.45) is 0 Å². The molecule has 0 radical (unpaired) electrons. The van der Waals surface area contributed by atoms with Gasteiger partial charge in [0.05, 0.1) is 110 Å². The number of nitrogens with zero attached hydrogens (tertiary/aromatic N) is 3. The van der Waals surface area contributed by atoms with Gasteiger partial charge in [0.15, 0.2) is 8.07 Å². The van der Waals surface area contributed by atoms with Crippen LogP contribution in [0.3, 0.4) is 0 Å². The number of hydrogen-bond acceptors (Lipinski definition) is 0. The van der Waals surface area contributed by atoms with Crippen molar-refractivity contribution in [2.75, 3.05) is 0 Å². The van der Waals surface area contributed by atoms with E-state index >= 15 is 0 Å². The van der Waals surface area contributed by atoms with Crippen molar-refractivity contribution >= 4 is 94.2 Å². The van der Waals surface area contributed by atoms with Crippen LogP contribution in [-0.2, 0) is 0 Å². The number of aromatic nitrogens is 3. The minimum Gasteiger partial charge on any atom is -0.309 e. The third kappa shape index (κ3) is 7.64. The average molecular weight is 1130 g/mol. The molecule has 13 aromatic carbocycles. The first kappa shape index (κ1) is 18.8. The normalized spacial score (nSPS) is 20.8. The second-order valence-electron chi connectivity index (χ2n) is 17.9. The minimum absolute atomic E-state index is 0.394. The summed E-state index contributed by atoms with van der Waals surface area (Å²) < 4.78 is 506. The zero-order valence-electron chi connectivity index (χ0n) is 94.5. The van der Waals surface area contributed by atoms with Gasteiger partial charge in [0.1, 0.15) is 0 Å². The summed E-state index contributed by atoms with van der Waals surface area (Å²) in [6.45, 7) is -1.30. The molecular formula is C79H55N3Si. The Hall–Kier alpha value is -10.5. The zero-order chi connectivity index (χ0) is 101. The Bertz CT molecular complexity index is 8130. The molecule has 83 heavy (non-hydrogen) atoms.